The highest BCUT2D eigenvalue weighted by molar-refractivity contribution is 7.89. The minimum absolute atomic E-state index is 0.0454. The first-order valence-electron chi connectivity index (χ1n) is 8.50. The summed E-state index contributed by atoms with van der Waals surface area (Å²) < 4.78 is 26.4. The zero-order chi connectivity index (χ0) is 20.0. The Morgan fingerprint density at radius 1 is 0.893 bits per heavy atom. The van der Waals surface area contributed by atoms with Gasteiger partial charge in [-0.1, -0.05) is 54.5 Å². The van der Waals surface area contributed by atoms with Crippen molar-refractivity contribution in [1.82, 2.24) is 4.72 Å². The highest BCUT2D eigenvalue weighted by Crippen LogP contribution is 2.28. The molecule has 0 bridgehead atoms. The fraction of sp³-hybridized carbons (Fsp3) is 0.0455. The number of hydrogen-bond donors (Lipinski definition) is 2. The first-order valence-corrected chi connectivity index (χ1v) is 9.98. The molecule has 0 aliphatic heterocycles. The number of terminal acetylenes is 1. The van der Waals surface area contributed by atoms with Crippen LogP contribution in [-0.4, -0.2) is 20.9 Å². The molecule has 3 aromatic carbocycles. The summed E-state index contributed by atoms with van der Waals surface area (Å²) in [5, 5.41) is 2.89. The van der Waals surface area contributed by atoms with Gasteiger partial charge in [-0.25, -0.2) is 8.42 Å². The number of carbonyl (C=O) groups is 1. The van der Waals surface area contributed by atoms with Gasteiger partial charge in [0.25, 0.3) is 5.91 Å². The lowest BCUT2D eigenvalue weighted by Crippen LogP contribution is -2.24. The smallest absolute Gasteiger partial charge is 0.255 e. The van der Waals surface area contributed by atoms with Crippen molar-refractivity contribution in [1.29, 1.82) is 0 Å². The molecule has 0 saturated heterocycles. The second-order valence-corrected chi connectivity index (χ2v) is 7.69. The Bertz CT molecular complexity index is 1120. The van der Waals surface area contributed by atoms with Crippen molar-refractivity contribution in [2.75, 3.05) is 11.9 Å². The number of anilines is 1. The molecule has 5 nitrogen and oxygen atoms in total. The zero-order valence-electron chi connectivity index (χ0n) is 14.9. The quantitative estimate of drug-likeness (QED) is 0.633. The molecular weight excluding hydrogens is 372 g/mol. The van der Waals surface area contributed by atoms with Crippen LogP contribution in [0.3, 0.4) is 0 Å². The van der Waals surface area contributed by atoms with E-state index >= 15 is 0 Å². The minimum atomic E-state index is -3.69. The third-order valence-electron chi connectivity index (χ3n) is 4.05. The maximum atomic E-state index is 12.6. The molecule has 28 heavy (non-hydrogen) atoms. The van der Waals surface area contributed by atoms with Gasteiger partial charge < -0.3 is 5.32 Å². The van der Waals surface area contributed by atoms with Crippen molar-refractivity contribution >= 4 is 21.6 Å². The molecule has 3 aromatic rings. The van der Waals surface area contributed by atoms with Crippen LogP contribution in [-0.2, 0) is 10.0 Å². The Morgan fingerprint density at radius 2 is 1.54 bits per heavy atom. The Kier molecular flexibility index (Phi) is 5.90. The van der Waals surface area contributed by atoms with Crippen LogP contribution in [0.1, 0.15) is 10.4 Å². The van der Waals surface area contributed by atoms with Gasteiger partial charge in [-0.05, 0) is 35.9 Å². The molecule has 0 aliphatic carbocycles. The summed E-state index contributed by atoms with van der Waals surface area (Å²) in [5.41, 5.74) is 2.90. The van der Waals surface area contributed by atoms with E-state index in [9.17, 15) is 13.2 Å². The fourth-order valence-corrected chi connectivity index (χ4v) is 3.60. The van der Waals surface area contributed by atoms with E-state index in [0.29, 0.717) is 11.3 Å². The van der Waals surface area contributed by atoms with Crippen LogP contribution < -0.4 is 10.0 Å². The van der Waals surface area contributed by atoms with E-state index in [4.69, 9.17) is 6.42 Å². The lowest BCUT2D eigenvalue weighted by Gasteiger charge is -2.12. The normalized spacial score (nSPS) is 10.8. The highest BCUT2D eigenvalue weighted by Gasteiger charge is 2.15. The molecule has 0 unspecified atom stereocenters. The van der Waals surface area contributed by atoms with Gasteiger partial charge in [-0.2, -0.15) is 4.72 Å². The van der Waals surface area contributed by atoms with Gasteiger partial charge in [-0.15, -0.1) is 6.42 Å². The average Bonchev–Trinajstić information content (AvgIpc) is 2.73. The number of amides is 1. The second-order valence-electron chi connectivity index (χ2n) is 5.92. The van der Waals surface area contributed by atoms with Crippen LogP contribution >= 0.6 is 0 Å². The Labute approximate surface area is 164 Å². The summed E-state index contributed by atoms with van der Waals surface area (Å²) in [4.78, 5) is 12.7. The first-order chi connectivity index (χ1) is 13.5. The van der Waals surface area contributed by atoms with Crippen LogP contribution in [0.15, 0.2) is 83.8 Å². The van der Waals surface area contributed by atoms with E-state index in [1.165, 1.54) is 24.3 Å². The third kappa shape index (κ3) is 4.46. The first kappa shape index (κ1) is 19.4. The SMILES string of the molecule is C#CCNS(=O)(=O)c1ccc(C(=O)Nc2ccccc2-c2ccccc2)cc1. The summed E-state index contributed by atoms with van der Waals surface area (Å²) in [5.74, 6) is 1.89. The summed E-state index contributed by atoms with van der Waals surface area (Å²) in [6, 6.07) is 22.9. The third-order valence-corrected chi connectivity index (χ3v) is 5.47. The molecule has 0 aliphatic rings. The number of hydrogen-bond acceptors (Lipinski definition) is 3. The average molecular weight is 390 g/mol. The maximum Gasteiger partial charge on any atom is 0.255 e. The van der Waals surface area contributed by atoms with Crippen molar-refractivity contribution in [2.45, 2.75) is 4.90 Å². The molecule has 0 saturated carbocycles. The number of rotatable bonds is 6. The van der Waals surface area contributed by atoms with Crippen LogP contribution in [0.5, 0.6) is 0 Å². The summed E-state index contributed by atoms with van der Waals surface area (Å²) >= 11 is 0. The number of sulfonamides is 1. The molecule has 140 valence electrons. The second kappa shape index (κ2) is 8.53. The monoisotopic (exact) mass is 390 g/mol. The van der Waals surface area contributed by atoms with Crippen molar-refractivity contribution < 1.29 is 13.2 Å². The highest BCUT2D eigenvalue weighted by atomic mass is 32.2. The van der Waals surface area contributed by atoms with E-state index in [0.717, 1.165) is 11.1 Å². The van der Waals surface area contributed by atoms with Crippen LogP contribution in [0.4, 0.5) is 5.69 Å². The molecule has 0 spiro atoms. The largest absolute Gasteiger partial charge is 0.321 e. The van der Waals surface area contributed by atoms with Gasteiger partial charge in [-0.3, -0.25) is 4.79 Å². The van der Waals surface area contributed by atoms with Gasteiger partial charge in [0.05, 0.1) is 11.4 Å². The Balaban J connectivity index is 1.81. The molecule has 3 rings (SSSR count). The van der Waals surface area contributed by atoms with E-state index in [-0.39, 0.29) is 17.3 Å². The molecule has 0 aromatic heterocycles. The van der Waals surface area contributed by atoms with Crippen LogP contribution in [0.25, 0.3) is 11.1 Å². The molecule has 6 heteroatoms. The summed E-state index contributed by atoms with van der Waals surface area (Å²) in [6.45, 7) is -0.0964. The summed E-state index contributed by atoms with van der Waals surface area (Å²) in [7, 11) is -3.69. The van der Waals surface area contributed by atoms with Gasteiger partial charge in [0.15, 0.2) is 0 Å². The van der Waals surface area contributed by atoms with Crippen molar-refractivity contribution in [3.8, 4) is 23.5 Å². The molecular formula is C22H18N2O3S. The van der Waals surface area contributed by atoms with Crippen molar-refractivity contribution in [3.63, 3.8) is 0 Å². The molecule has 1 amide bonds. The zero-order valence-corrected chi connectivity index (χ0v) is 15.7. The van der Waals surface area contributed by atoms with Gasteiger partial charge >= 0.3 is 0 Å². The lowest BCUT2D eigenvalue weighted by atomic mass is 10.0. The molecule has 0 heterocycles. The van der Waals surface area contributed by atoms with Crippen LogP contribution in [0, 0.1) is 12.3 Å². The van der Waals surface area contributed by atoms with Gasteiger partial charge in [0.2, 0.25) is 10.0 Å². The topological polar surface area (TPSA) is 75.3 Å². The summed E-state index contributed by atoms with van der Waals surface area (Å²) in [6.07, 6.45) is 5.08. The predicted molar refractivity (Wildman–Crippen MR) is 110 cm³/mol. The van der Waals surface area contributed by atoms with E-state index in [1.807, 2.05) is 54.6 Å². The Morgan fingerprint density at radius 3 is 2.21 bits per heavy atom. The maximum absolute atomic E-state index is 12.6. The van der Waals surface area contributed by atoms with Crippen LogP contribution in [0.2, 0.25) is 0 Å². The standard InChI is InChI=1S/C22H18N2O3S/c1-2-16-23-28(26,27)19-14-12-18(13-15-19)22(25)24-21-11-7-6-10-20(21)17-8-4-3-5-9-17/h1,3-15,23H,16H2,(H,24,25). The van der Waals surface area contributed by atoms with E-state index < -0.39 is 10.0 Å². The number of nitrogens with one attached hydrogen (secondary N) is 2. The fourth-order valence-electron chi connectivity index (χ4n) is 2.66. The molecule has 2 N–H and O–H groups in total. The minimum Gasteiger partial charge on any atom is -0.321 e. The van der Waals surface area contributed by atoms with Gasteiger partial charge in [0, 0.05) is 16.8 Å². The van der Waals surface area contributed by atoms with Crippen molar-refractivity contribution in [2.24, 2.45) is 0 Å². The van der Waals surface area contributed by atoms with Gasteiger partial charge in [0.1, 0.15) is 0 Å². The van der Waals surface area contributed by atoms with E-state index in [2.05, 4.69) is 16.0 Å². The number of para-hydroxylation sites is 1. The number of carbonyl (C=O) groups excluding carboxylic acids is 1. The number of benzene rings is 3. The molecule has 0 radical (unpaired) electrons. The predicted octanol–water partition coefficient (Wildman–Crippen LogP) is 3.52. The van der Waals surface area contributed by atoms with E-state index in [1.54, 1.807) is 0 Å². The van der Waals surface area contributed by atoms with Crippen molar-refractivity contribution in [3.05, 3.63) is 84.4 Å². The Hall–Kier alpha value is -3.40. The molecule has 0 fully saturated rings. The molecule has 0 atom stereocenters. The lowest BCUT2D eigenvalue weighted by molar-refractivity contribution is 0.102.